The van der Waals surface area contributed by atoms with Crippen LogP contribution in [0.3, 0.4) is 0 Å². The van der Waals surface area contributed by atoms with E-state index < -0.39 is 10.4 Å². The third-order valence-corrected chi connectivity index (χ3v) is 0.899. The van der Waals surface area contributed by atoms with Gasteiger partial charge in [-0.15, -0.1) is 6.58 Å². The molecule has 2 N–H and O–H groups in total. The van der Waals surface area contributed by atoms with Gasteiger partial charge in [-0.1, -0.05) is 6.08 Å². The van der Waals surface area contributed by atoms with Crippen LogP contribution < -0.4 is 0 Å². The highest BCUT2D eigenvalue weighted by atomic mass is 32.3. The van der Waals surface area contributed by atoms with Crippen molar-refractivity contribution in [3.63, 3.8) is 0 Å². The summed E-state index contributed by atoms with van der Waals surface area (Å²) < 4.78 is 33.5. The Balaban J connectivity index is 0.000000252. The van der Waals surface area contributed by atoms with Crippen LogP contribution in [0.1, 0.15) is 0 Å². The molecule has 0 atom stereocenters. The summed E-state index contributed by atoms with van der Waals surface area (Å²) in [7, 11) is -4.67. The van der Waals surface area contributed by atoms with E-state index >= 15 is 0 Å². The van der Waals surface area contributed by atoms with E-state index in [0.717, 1.165) is 6.54 Å². The number of aromatic nitrogens is 2. The third kappa shape index (κ3) is 10.8. The van der Waals surface area contributed by atoms with Gasteiger partial charge in [0.1, 0.15) is 0 Å². The second-order valence-corrected chi connectivity index (χ2v) is 2.89. The lowest BCUT2D eigenvalue weighted by atomic mass is 10.6. The SMILES string of the molecule is C=CCn1ccnc1.O=S(=O)(O)O. The predicted octanol–water partition coefficient (Wildman–Crippen LogP) is 0.416. The summed E-state index contributed by atoms with van der Waals surface area (Å²) in [4.78, 5) is 3.86. The molecule has 0 aromatic carbocycles. The normalized spacial score (nSPS) is 10.0. The molecule has 0 radical (unpaired) electrons. The molecule has 0 saturated carbocycles. The van der Waals surface area contributed by atoms with Gasteiger partial charge in [0.2, 0.25) is 0 Å². The lowest BCUT2D eigenvalue weighted by Crippen LogP contribution is -1.89. The van der Waals surface area contributed by atoms with Crippen LogP contribution in [0.4, 0.5) is 0 Å². The molecule has 1 rings (SSSR count). The zero-order valence-electron chi connectivity index (χ0n) is 6.74. The summed E-state index contributed by atoms with van der Waals surface area (Å²) in [5.41, 5.74) is 0. The Labute approximate surface area is 76.1 Å². The average molecular weight is 206 g/mol. The van der Waals surface area contributed by atoms with Gasteiger partial charge in [-0.3, -0.25) is 9.11 Å². The smallest absolute Gasteiger partial charge is 0.334 e. The van der Waals surface area contributed by atoms with Gasteiger partial charge in [0, 0.05) is 18.9 Å². The van der Waals surface area contributed by atoms with Crippen LogP contribution in [0.5, 0.6) is 0 Å². The molecular weight excluding hydrogens is 196 g/mol. The quantitative estimate of drug-likeness (QED) is 0.540. The minimum Gasteiger partial charge on any atom is -0.334 e. The molecule has 0 bridgehead atoms. The van der Waals surface area contributed by atoms with Crippen LogP contribution in [-0.2, 0) is 16.9 Å². The Hall–Kier alpha value is -1.18. The van der Waals surface area contributed by atoms with E-state index in [0.29, 0.717) is 0 Å². The van der Waals surface area contributed by atoms with Gasteiger partial charge >= 0.3 is 10.4 Å². The minimum atomic E-state index is -4.67. The van der Waals surface area contributed by atoms with E-state index in [9.17, 15) is 0 Å². The standard InChI is InChI=1S/C6H8N2.H2O4S/c1-2-4-8-5-3-7-6-8;1-5(2,3)4/h2-3,5-6H,1,4H2;(H2,1,2,3,4). The van der Waals surface area contributed by atoms with Gasteiger partial charge in [-0.2, -0.15) is 8.42 Å². The molecule has 13 heavy (non-hydrogen) atoms. The Morgan fingerprint density at radius 3 is 2.38 bits per heavy atom. The van der Waals surface area contributed by atoms with E-state index in [1.54, 1.807) is 12.5 Å². The van der Waals surface area contributed by atoms with Crippen molar-refractivity contribution in [3.8, 4) is 0 Å². The lowest BCUT2D eigenvalue weighted by molar-refractivity contribution is 0.381. The molecule has 0 aliphatic carbocycles. The molecule has 0 fully saturated rings. The largest absolute Gasteiger partial charge is 0.394 e. The number of allylic oxidation sites excluding steroid dienone is 1. The molecule has 74 valence electrons. The molecular formula is C6H10N2O4S. The average Bonchev–Trinajstić information content (AvgIpc) is 2.36. The molecule has 1 heterocycles. The fourth-order valence-electron chi connectivity index (χ4n) is 0.544. The summed E-state index contributed by atoms with van der Waals surface area (Å²) in [5, 5.41) is 0. The minimum absolute atomic E-state index is 0.847. The number of nitrogens with zero attached hydrogens (tertiary/aromatic N) is 2. The fourth-order valence-corrected chi connectivity index (χ4v) is 0.544. The maximum atomic E-state index is 8.74. The summed E-state index contributed by atoms with van der Waals surface area (Å²) >= 11 is 0. The van der Waals surface area contributed by atoms with Crippen LogP contribution in [0, 0.1) is 0 Å². The van der Waals surface area contributed by atoms with Crippen LogP contribution in [0.15, 0.2) is 31.4 Å². The zero-order valence-corrected chi connectivity index (χ0v) is 7.55. The number of rotatable bonds is 2. The van der Waals surface area contributed by atoms with Crippen LogP contribution in [0.2, 0.25) is 0 Å². The van der Waals surface area contributed by atoms with Crippen molar-refractivity contribution in [3.05, 3.63) is 31.4 Å². The third-order valence-electron chi connectivity index (χ3n) is 0.899. The van der Waals surface area contributed by atoms with Crippen LogP contribution in [-0.4, -0.2) is 27.1 Å². The van der Waals surface area contributed by atoms with Gasteiger partial charge < -0.3 is 4.57 Å². The second-order valence-electron chi connectivity index (χ2n) is 2.00. The summed E-state index contributed by atoms with van der Waals surface area (Å²) in [6.45, 7) is 4.43. The van der Waals surface area contributed by atoms with E-state index in [4.69, 9.17) is 17.5 Å². The van der Waals surface area contributed by atoms with Crippen LogP contribution >= 0.6 is 0 Å². The van der Waals surface area contributed by atoms with Crippen molar-refractivity contribution in [2.75, 3.05) is 0 Å². The highest BCUT2D eigenvalue weighted by Gasteiger charge is 1.84. The van der Waals surface area contributed by atoms with E-state index in [1.807, 2.05) is 16.8 Å². The van der Waals surface area contributed by atoms with Crippen molar-refractivity contribution in [1.82, 2.24) is 9.55 Å². The summed E-state index contributed by atoms with van der Waals surface area (Å²) in [6, 6.07) is 0. The first-order chi connectivity index (χ1) is 5.93. The van der Waals surface area contributed by atoms with Crippen molar-refractivity contribution in [2.24, 2.45) is 0 Å². The van der Waals surface area contributed by atoms with E-state index in [1.165, 1.54) is 0 Å². The van der Waals surface area contributed by atoms with Gasteiger partial charge in [-0.05, 0) is 0 Å². The molecule has 1 aromatic heterocycles. The Morgan fingerprint density at radius 2 is 2.08 bits per heavy atom. The predicted molar refractivity (Wildman–Crippen MR) is 46.6 cm³/mol. The molecule has 0 aliphatic rings. The lowest BCUT2D eigenvalue weighted by Gasteiger charge is -1.89. The number of hydrogen-bond acceptors (Lipinski definition) is 3. The second kappa shape index (κ2) is 5.46. The van der Waals surface area contributed by atoms with Gasteiger partial charge in [-0.25, -0.2) is 4.98 Å². The Kier molecular flexibility index (Phi) is 4.97. The van der Waals surface area contributed by atoms with Crippen molar-refractivity contribution in [1.29, 1.82) is 0 Å². The molecule has 6 nitrogen and oxygen atoms in total. The number of imidazole rings is 1. The van der Waals surface area contributed by atoms with E-state index in [-0.39, 0.29) is 0 Å². The first-order valence-corrected chi connectivity index (χ1v) is 4.59. The highest BCUT2D eigenvalue weighted by Crippen LogP contribution is 1.83. The van der Waals surface area contributed by atoms with Gasteiger partial charge in [0.25, 0.3) is 0 Å². The molecule has 0 spiro atoms. The Morgan fingerprint density at radius 1 is 1.54 bits per heavy atom. The zero-order chi connectivity index (χ0) is 10.3. The summed E-state index contributed by atoms with van der Waals surface area (Å²) in [5.74, 6) is 0. The maximum Gasteiger partial charge on any atom is 0.394 e. The Bertz CT molecular complexity index is 322. The molecule has 7 heteroatoms. The molecule has 0 aliphatic heterocycles. The molecule has 0 saturated heterocycles. The first kappa shape index (κ1) is 11.8. The van der Waals surface area contributed by atoms with Gasteiger partial charge in [0.05, 0.1) is 6.33 Å². The monoisotopic (exact) mass is 206 g/mol. The first-order valence-electron chi connectivity index (χ1n) is 3.20. The molecule has 0 amide bonds. The topological polar surface area (TPSA) is 92.4 Å². The number of hydrogen-bond donors (Lipinski definition) is 2. The molecule has 1 aromatic rings. The highest BCUT2D eigenvalue weighted by molar-refractivity contribution is 7.79. The van der Waals surface area contributed by atoms with Gasteiger partial charge in [0.15, 0.2) is 0 Å². The van der Waals surface area contributed by atoms with Crippen LogP contribution in [0.25, 0.3) is 0 Å². The van der Waals surface area contributed by atoms with E-state index in [2.05, 4.69) is 11.6 Å². The van der Waals surface area contributed by atoms with Crippen molar-refractivity contribution in [2.45, 2.75) is 6.54 Å². The fraction of sp³-hybridized carbons (Fsp3) is 0.167. The summed E-state index contributed by atoms with van der Waals surface area (Å²) in [6.07, 6.45) is 7.26. The van der Waals surface area contributed by atoms with Crippen molar-refractivity contribution >= 4 is 10.4 Å². The van der Waals surface area contributed by atoms with Crippen molar-refractivity contribution < 1.29 is 17.5 Å². The maximum absolute atomic E-state index is 8.74. The molecule has 0 unspecified atom stereocenters.